The molecule has 0 fully saturated rings. The minimum atomic E-state index is -3.43. The molecule has 0 spiro atoms. The minimum absolute atomic E-state index is 0.165. The molecule has 26 heavy (non-hydrogen) atoms. The summed E-state index contributed by atoms with van der Waals surface area (Å²) in [5.74, 6) is -0.165. The minimum Gasteiger partial charge on any atom is -0.326 e. The van der Waals surface area contributed by atoms with Gasteiger partial charge in [0.2, 0.25) is 15.9 Å². The monoisotopic (exact) mass is 394 g/mol. The Morgan fingerprint density at radius 1 is 1.12 bits per heavy atom. The predicted molar refractivity (Wildman–Crippen MR) is 107 cm³/mol. The van der Waals surface area contributed by atoms with Gasteiger partial charge in [0.05, 0.1) is 11.9 Å². The van der Waals surface area contributed by atoms with Crippen LogP contribution in [0.1, 0.15) is 24.0 Å². The maximum atomic E-state index is 12.2. The number of sulfonamides is 1. The van der Waals surface area contributed by atoms with E-state index in [1.165, 1.54) is 10.6 Å². The van der Waals surface area contributed by atoms with Crippen LogP contribution in [0.5, 0.6) is 0 Å². The standard InChI is InChI=1S/C19H23ClN2O3S/c1-14-6-7-15(2)18(13-14)22(26(3,24)25)12-4-5-19(23)21-17-10-8-16(20)9-11-17/h6-11,13H,4-5,12H2,1-3H3,(H,21,23). The Balaban J connectivity index is 2.01. The van der Waals surface area contributed by atoms with Crippen molar-refractivity contribution in [3.05, 3.63) is 58.6 Å². The summed E-state index contributed by atoms with van der Waals surface area (Å²) in [6.45, 7) is 4.04. The van der Waals surface area contributed by atoms with Crippen molar-refractivity contribution in [2.24, 2.45) is 0 Å². The number of hydrogen-bond acceptors (Lipinski definition) is 3. The zero-order chi connectivity index (χ0) is 19.3. The molecule has 0 aliphatic heterocycles. The lowest BCUT2D eigenvalue weighted by atomic mass is 10.1. The molecule has 1 N–H and O–H groups in total. The van der Waals surface area contributed by atoms with Gasteiger partial charge in [0.15, 0.2) is 0 Å². The van der Waals surface area contributed by atoms with Crippen molar-refractivity contribution < 1.29 is 13.2 Å². The third-order valence-electron chi connectivity index (χ3n) is 3.93. The lowest BCUT2D eigenvalue weighted by Gasteiger charge is -2.24. The van der Waals surface area contributed by atoms with E-state index >= 15 is 0 Å². The SMILES string of the molecule is Cc1ccc(C)c(N(CCCC(=O)Nc2ccc(Cl)cc2)S(C)(=O)=O)c1. The first-order valence-electron chi connectivity index (χ1n) is 8.27. The smallest absolute Gasteiger partial charge is 0.232 e. The summed E-state index contributed by atoms with van der Waals surface area (Å²) in [5, 5.41) is 3.37. The Hall–Kier alpha value is -2.05. The first kappa shape index (κ1) is 20.3. The summed E-state index contributed by atoms with van der Waals surface area (Å²) in [5.41, 5.74) is 3.19. The van der Waals surface area contributed by atoms with Crippen LogP contribution in [-0.2, 0) is 14.8 Å². The van der Waals surface area contributed by atoms with Crippen LogP contribution in [0.15, 0.2) is 42.5 Å². The third-order valence-corrected chi connectivity index (χ3v) is 5.36. The van der Waals surface area contributed by atoms with E-state index in [4.69, 9.17) is 11.6 Å². The number of hydrogen-bond donors (Lipinski definition) is 1. The van der Waals surface area contributed by atoms with Crippen molar-refractivity contribution in [1.82, 2.24) is 0 Å². The highest BCUT2D eigenvalue weighted by atomic mass is 35.5. The molecule has 0 bridgehead atoms. The number of carbonyl (C=O) groups is 1. The lowest BCUT2D eigenvalue weighted by molar-refractivity contribution is -0.116. The Labute approximate surface area is 160 Å². The second kappa shape index (κ2) is 8.56. The van der Waals surface area contributed by atoms with Gasteiger partial charge in [0, 0.05) is 23.7 Å². The second-order valence-corrected chi connectivity index (χ2v) is 8.63. The molecule has 2 aromatic carbocycles. The fourth-order valence-corrected chi connectivity index (χ4v) is 3.73. The fourth-order valence-electron chi connectivity index (χ4n) is 2.59. The number of benzene rings is 2. The highest BCUT2D eigenvalue weighted by Crippen LogP contribution is 2.24. The molecule has 0 saturated heterocycles. The van der Waals surface area contributed by atoms with Gasteiger partial charge in [-0.1, -0.05) is 23.7 Å². The highest BCUT2D eigenvalue weighted by Gasteiger charge is 2.19. The molecule has 140 valence electrons. The summed E-state index contributed by atoms with van der Waals surface area (Å²) in [7, 11) is -3.43. The number of amides is 1. The van der Waals surface area contributed by atoms with E-state index in [1.54, 1.807) is 24.3 Å². The van der Waals surface area contributed by atoms with E-state index in [0.717, 1.165) is 11.1 Å². The molecule has 0 atom stereocenters. The molecule has 5 nitrogen and oxygen atoms in total. The molecule has 2 aromatic rings. The van der Waals surface area contributed by atoms with Gasteiger partial charge in [0.1, 0.15) is 0 Å². The van der Waals surface area contributed by atoms with E-state index in [2.05, 4.69) is 5.32 Å². The first-order valence-corrected chi connectivity index (χ1v) is 10.5. The molecule has 7 heteroatoms. The fraction of sp³-hybridized carbons (Fsp3) is 0.316. The van der Waals surface area contributed by atoms with E-state index in [1.807, 2.05) is 32.0 Å². The third kappa shape index (κ3) is 5.75. The van der Waals surface area contributed by atoms with Crippen LogP contribution in [0.25, 0.3) is 0 Å². The molecule has 0 aromatic heterocycles. The second-order valence-electron chi connectivity index (χ2n) is 6.28. The number of anilines is 2. The van der Waals surface area contributed by atoms with Crippen LogP contribution in [0.2, 0.25) is 5.02 Å². The molecule has 0 radical (unpaired) electrons. The number of carbonyl (C=O) groups excluding carboxylic acids is 1. The maximum absolute atomic E-state index is 12.2. The van der Waals surface area contributed by atoms with Gasteiger partial charge in [0.25, 0.3) is 0 Å². The van der Waals surface area contributed by atoms with Gasteiger partial charge >= 0.3 is 0 Å². The van der Waals surface area contributed by atoms with E-state index in [9.17, 15) is 13.2 Å². The van der Waals surface area contributed by atoms with Crippen molar-refractivity contribution in [2.75, 3.05) is 22.4 Å². The quantitative estimate of drug-likeness (QED) is 0.767. The lowest BCUT2D eigenvalue weighted by Crippen LogP contribution is -2.32. The molecule has 0 aliphatic carbocycles. The Morgan fingerprint density at radius 3 is 2.38 bits per heavy atom. The maximum Gasteiger partial charge on any atom is 0.232 e. The number of nitrogens with zero attached hydrogens (tertiary/aromatic N) is 1. The number of nitrogens with one attached hydrogen (secondary N) is 1. The van der Waals surface area contributed by atoms with Crippen molar-refractivity contribution >= 4 is 38.9 Å². The Bertz CT molecular complexity index is 880. The average Bonchev–Trinajstić information content (AvgIpc) is 2.55. The number of halogens is 1. The predicted octanol–water partition coefficient (Wildman–Crippen LogP) is 4.14. The summed E-state index contributed by atoms with van der Waals surface area (Å²) in [6.07, 6.45) is 1.82. The van der Waals surface area contributed by atoms with Crippen LogP contribution in [0.3, 0.4) is 0 Å². The zero-order valence-electron chi connectivity index (χ0n) is 15.1. The van der Waals surface area contributed by atoms with Crippen molar-refractivity contribution in [2.45, 2.75) is 26.7 Å². The van der Waals surface area contributed by atoms with Crippen LogP contribution in [0, 0.1) is 13.8 Å². The summed E-state index contributed by atoms with van der Waals surface area (Å²) < 4.78 is 25.8. The number of rotatable bonds is 7. The summed E-state index contributed by atoms with van der Waals surface area (Å²) in [4.78, 5) is 12.1. The van der Waals surface area contributed by atoms with Gasteiger partial charge < -0.3 is 5.32 Å². The molecular formula is C19H23ClN2O3S. The van der Waals surface area contributed by atoms with Crippen LogP contribution < -0.4 is 9.62 Å². The summed E-state index contributed by atoms with van der Waals surface area (Å²) >= 11 is 5.82. The largest absolute Gasteiger partial charge is 0.326 e. The Kier molecular flexibility index (Phi) is 6.67. The van der Waals surface area contributed by atoms with Crippen LogP contribution in [-0.4, -0.2) is 27.1 Å². The zero-order valence-corrected chi connectivity index (χ0v) is 16.7. The first-order chi connectivity index (χ1) is 12.2. The van der Waals surface area contributed by atoms with E-state index < -0.39 is 10.0 Å². The van der Waals surface area contributed by atoms with Crippen molar-refractivity contribution in [1.29, 1.82) is 0 Å². The topological polar surface area (TPSA) is 66.5 Å². The van der Waals surface area contributed by atoms with Gasteiger partial charge in [-0.3, -0.25) is 9.10 Å². The molecule has 2 rings (SSSR count). The van der Waals surface area contributed by atoms with Crippen molar-refractivity contribution in [3.8, 4) is 0 Å². The molecule has 1 amide bonds. The summed E-state index contributed by atoms with van der Waals surface area (Å²) in [6, 6.07) is 12.5. The molecular weight excluding hydrogens is 372 g/mol. The van der Waals surface area contributed by atoms with Gasteiger partial charge in [-0.2, -0.15) is 0 Å². The van der Waals surface area contributed by atoms with E-state index in [-0.39, 0.29) is 18.9 Å². The molecule has 0 heterocycles. The van der Waals surface area contributed by atoms with Crippen molar-refractivity contribution in [3.63, 3.8) is 0 Å². The highest BCUT2D eigenvalue weighted by molar-refractivity contribution is 7.92. The molecule has 0 unspecified atom stereocenters. The van der Waals surface area contributed by atoms with E-state index in [0.29, 0.717) is 22.8 Å². The molecule has 0 aliphatic rings. The van der Waals surface area contributed by atoms with Gasteiger partial charge in [-0.05, 0) is 61.7 Å². The molecule has 0 saturated carbocycles. The average molecular weight is 395 g/mol. The van der Waals surface area contributed by atoms with Gasteiger partial charge in [-0.25, -0.2) is 8.42 Å². The normalized spacial score (nSPS) is 11.2. The van der Waals surface area contributed by atoms with Gasteiger partial charge in [-0.15, -0.1) is 0 Å². The van der Waals surface area contributed by atoms with Crippen LogP contribution in [0.4, 0.5) is 11.4 Å². The number of aryl methyl sites for hydroxylation is 2. The van der Waals surface area contributed by atoms with Crippen LogP contribution >= 0.6 is 11.6 Å². The Morgan fingerprint density at radius 2 is 1.77 bits per heavy atom.